The molecule has 1 atom stereocenters. The van der Waals surface area contributed by atoms with Crippen LogP contribution < -0.4 is 5.73 Å². The largest absolute Gasteiger partial charge is 0.369 e. The number of carbonyl (C=O) groups is 1. The third-order valence-electron chi connectivity index (χ3n) is 3.79. The second kappa shape index (κ2) is 5.00. The molecule has 0 radical (unpaired) electrons. The van der Waals surface area contributed by atoms with Crippen molar-refractivity contribution in [3.05, 3.63) is 0 Å². The lowest BCUT2D eigenvalue weighted by atomic mass is 9.68. The SMILES string of the molecule is CCC(C)(CC)CC(C(N)=O)C(C)(C)C. The maximum atomic E-state index is 11.5. The van der Waals surface area contributed by atoms with Crippen LogP contribution in [0.25, 0.3) is 0 Å². The zero-order valence-corrected chi connectivity index (χ0v) is 11.2. The van der Waals surface area contributed by atoms with Gasteiger partial charge in [-0.1, -0.05) is 54.4 Å². The fourth-order valence-corrected chi connectivity index (χ4v) is 1.87. The van der Waals surface area contributed by atoms with Gasteiger partial charge in [-0.15, -0.1) is 0 Å². The molecule has 0 aromatic rings. The predicted octanol–water partition coefficient (Wildman–Crippen LogP) is 3.35. The molecule has 0 aromatic carbocycles. The monoisotopic (exact) mass is 213 g/mol. The van der Waals surface area contributed by atoms with E-state index in [1.165, 1.54) is 0 Å². The number of rotatable bonds is 5. The summed E-state index contributed by atoms with van der Waals surface area (Å²) in [5.41, 5.74) is 5.71. The van der Waals surface area contributed by atoms with Crippen LogP contribution in [0.15, 0.2) is 0 Å². The van der Waals surface area contributed by atoms with Gasteiger partial charge >= 0.3 is 0 Å². The van der Waals surface area contributed by atoms with E-state index >= 15 is 0 Å². The van der Waals surface area contributed by atoms with Crippen molar-refractivity contribution < 1.29 is 4.79 Å². The summed E-state index contributed by atoms with van der Waals surface area (Å²) in [5, 5.41) is 0. The topological polar surface area (TPSA) is 43.1 Å². The Balaban J connectivity index is 4.77. The number of primary amides is 1. The van der Waals surface area contributed by atoms with E-state index < -0.39 is 0 Å². The summed E-state index contributed by atoms with van der Waals surface area (Å²) in [6.07, 6.45) is 3.10. The first-order valence-corrected chi connectivity index (χ1v) is 5.95. The van der Waals surface area contributed by atoms with Crippen molar-refractivity contribution in [3.63, 3.8) is 0 Å². The quantitative estimate of drug-likeness (QED) is 0.747. The van der Waals surface area contributed by atoms with Crippen molar-refractivity contribution in [1.82, 2.24) is 0 Å². The second-order valence-electron chi connectivity index (χ2n) is 6.04. The van der Waals surface area contributed by atoms with E-state index in [0.29, 0.717) is 0 Å². The molecule has 0 heterocycles. The summed E-state index contributed by atoms with van der Waals surface area (Å²) in [4.78, 5) is 11.5. The molecule has 0 spiro atoms. The highest BCUT2D eigenvalue weighted by Gasteiger charge is 2.35. The lowest BCUT2D eigenvalue weighted by Crippen LogP contribution is -2.37. The third-order valence-corrected chi connectivity index (χ3v) is 3.79. The minimum absolute atomic E-state index is 0.0256. The van der Waals surface area contributed by atoms with Crippen molar-refractivity contribution in [2.75, 3.05) is 0 Å². The summed E-state index contributed by atoms with van der Waals surface area (Å²) in [5.74, 6) is -0.182. The van der Waals surface area contributed by atoms with Gasteiger partial charge in [-0.05, 0) is 17.3 Å². The summed E-state index contributed by atoms with van der Waals surface area (Å²) in [6, 6.07) is 0. The number of hydrogen-bond acceptors (Lipinski definition) is 1. The maximum absolute atomic E-state index is 11.5. The molecule has 0 aromatic heterocycles. The fourth-order valence-electron chi connectivity index (χ4n) is 1.87. The summed E-state index contributed by atoms with van der Waals surface area (Å²) in [6.45, 7) is 12.9. The van der Waals surface area contributed by atoms with Gasteiger partial charge in [0.15, 0.2) is 0 Å². The first kappa shape index (κ1) is 14.5. The molecule has 0 bridgehead atoms. The van der Waals surface area contributed by atoms with Gasteiger partial charge in [0.25, 0.3) is 0 Å². The molecule has 2 heteroatoms. The molecule has 0 aliphatic carbocycles. The minimum atomic E-state index is -0.157. The lowest BCUT2D eigenvalue weighted by molar-refractivity contribution is -0.126. The smallest absolute Gasteiger partial charge is 0.221 e. The first-order chi connectivity index (χ1) is 6.66. The standard InChI is InChI=1S/C13H27NO/c1-7-13(6,8-2)9-10(11(14)15)12(3,4)5/h10H,7-9H2,1-6H3,(H2,14,15). The molecule has 0 rings (SSSR count). The first-order valence-electron chi connectivity index (χ1n) is 5.95. The molecule has 2 nitrogen and oxygen atoms in total. The maximum Gasteiger partial charge on any atom is 0.221 e. The Hall–Kier alpha value is -0.530. The van der Waals surface area contributed by atoms with Gasteiger partial charge in [0.05, 0.1) is 0 Å². The summed E-state index contributed by atoms with van der Waals surface area (Å²) >= 11 is 0. The van der Waals surface area contributed by atoms with E-state index in [2.05, 4.69) is 41.5 Å². The molecule has 15 heavy (non-hydrogen) atoms. The van der Waals surface area contributed by atoms with Crippen LogP contribution in [0.2, 0.25) is 0 Å². The third kappa shape index (κ3) is 4.23. The Morgan fingerprint density at radius 1 is 1.13 bits per heavy atom. The van der Waals surface area contributed by atoms with Crippen LogP contribution >= 0.6 is 0 Å². The van der Waals surface area contributed by atoms with E-state index in [1.54, 1.807) is 0 Å². The predicted molar refractivity (Wildman–Crippen MR) is 65.4 cm³/mol. The van der Waals surface area contributed by atoms with Crippen molar-refractivity contribution in [3.8, 4) is 0 Å². The van der Waals surface area contributed by atoms with Crippen LogP contribution in [0.4, 0.5) is 0 Å². The summed E-state index contributed by atoms with van der Waals surface area (Å²) < 4.78 is 0. The van der Waals surface area contributed by atoms with Gasteiger partial charge < -0.3 is 5.73 Å². The summed E-state index contributed by atoms with van der Waals surface area (Å²) in [7, 11) is 0. The molecule has 1 amide bonds. The zero-order valence-electron chi connectivity index (χ0n) is 11.2. The van der Waals surface area contributed by atoms with Crippen LogP contribution in [0.5, 0.6) is 0 Å². The number of hydrogen-bond donors (Lipinski definition) is 1. The van der Waals surface area contributed by atoms with Gasteiger partial charge in [-0.2, -0.15) is 0 Å². The molecule has 0 saturated heterocycles. The average Bonchev–Trinajstić information content (AvgIpc) is 2.11. The average molecular weight is 213 g/mol. The van der Waals surface area contributed by atoms with E-state index in [1.807, 2.05) is 0 Å². The van der Waals surface area contributed by atoms with Crippen LogP contribution in [0.3, 0.4) is 0 Å². The lowest BCUT2D eigenvalue weighted by Gasteiger charge is -2.36. The van der Waals surface area contributed by atoms with Gasteiger partial charge in [-0.3, -0.25) is 4.79 Å². The molecule has 0 aliphatic heterocycles. The van der Waals surface area contributed by atoms with Crippen molar-refractivity contribution in [2.45, 2.75) is 60.8 Å². The molecular weight excluding hydrogens is 186 g/mol. The van der Waals surface area contributed by atoms with Gasteiger partial charge in [-0.25, -0.2) is 0 Å². The van der Waals surface area contributed by atoms with Gasteiger partial charge in [0.2, 0.25) is 5.91 Å². The minimum Gasteiger partial charge on any atom is -0.369 e. The molecule has 2 N–H and O–H groups in total. The second-order valence-corrected chi connectivity index (χ2v) is 6.04. The number of amides is 1. The Kier molecular flexibility index (Phi) is 4.82. The van der Waals surface area contributed by atoms with E-state index in [-0.39, 0.29) is 22.7 Å². The highest BCUT2D eigenvalue weighted by Crippen LogP contribution is 2.39. The molecule has 0 saturated carbocycles. The van der Waals surface area contributed by atoms with E-state index in [0.717, 1.165) is 19.3 Å². The van der Waals surface area contributed by atoms with E-state index in [9.17, 15) is 4.79 Å². The van der Waals surface area contributed by atoms with Crippen molar-refractivity contribution in [2.24, 2.45) is 22.5 Å². The molecule has 1 unspecified atom stereocenters. The molecular formula is C13H27NO. The van der Waals surface area contributed by atoms with E-state index in [4.69, 9.17) is 5.73 Å². The highest BCUT2D eigenvalue weighted by atomic mass is 16.1. The number of carbonyl (C=O) groups excluding carboxylic acids is 1. The number of nitrogens with two attached hydrogens (primary N) is 1. The molecule has 90 valence electrons. The van der Waals surface area contributed by atoms with Crippen molar-refractivity contribution in [1.29, 1.82) is 0 Å². The fraction of sp³-hybridized carbons (Fsp3) is 0.923. The Morgan fingerprint density at radius 2 is 1.53 bits per heavy atom. The van der Waals surface area contributed by atoms with Crippen molar-refractivity contribution >= 4 is 5.91 Å². The molecule has 0 fully saturated rings. The Bertz CT molecular complexity index is 211. The van der Waals surface area contributed by atoms with Crippen LogP contribution in [-0.2, 0) is 4.79 Å². The molecule has 0 aliphatic rings. The Labute approximate surface area is 94.6 Å². The Morgan fingerprint density at radius 3 is 1.73 bits per heavy atom. The van der Waals surface area contributed by atoms with Crippen LogP contribution in [0.1, 0.15) is 60.8 Å². The zero-order chi connectivity index (χ0) is 12.3. The van der Waals surface area contributed by atoms with Crippen LogP contribution in [0, 0.1) is 16.7 Å². The van der Waals surface area contributed by atoms with Gasteiger partial charge in [0.1, 0.15) is 0 Å². The highest BCUT2D eigenvalue weighted by molar-refractivity contribution is 5.77. The normalized spacial score (nSPS) is 15.1. The van der Waals surface area contributed by atoms with Gasteiger partial charge in [0, 0.05) is 5.92 Å². The van der Waals surface area contributed by atoms with Crippen LogP contribution in [-0.4, -0.2) is 5.91 Å².